The first-order valence-electron chi connectivity index (χ1n) is 5.43. The van der Waals surface area contributed by atoms with Crippen molar-refractivity contribution in [2.75, 3.05) is 19.0 Å². The molecule has 0 aliphatic heterocycles. The number of rotatable bonds is 6. The smallest absolute Gasteiger partial charge is 0.106 e. The molecule has 0 aromatic heterocycles. The minimum absolute atomic E-state index is 0.252. The van der Waals surface area contributed by atoms with Crippen molar-refractivity contribution in [3.63, 3.8) is 0 Å². The van der Waals surface area contributed by atoms with Gasteiger partial charge in [0.1, 0.15) is 4.99 Å². The third-order valence-corrected chi connectivity index (χ3v) is 3.18. The van der Waals surface area contributed by atoms with E-state index in [1.807, 2.05) is 18.2 Å². The Kier molecular flexibility index (Phi) is 5.88. The molecule has 0 aliphatic rings. The average Bonchev–Trinajstić information content (AvgIpc) is 2.28. The van der Waals surface area contributed by atoms with Crippen LogP contribution in [0.2, 0.25) is 0 Å². The van der Waals surface area contributed by atoms with Gasteiger partial charge in [0.2, 0.25) is 0 Å². The summed E-state index contributed by atoms with van der Waals surface area (Å²) in [6.07, 6.45) is 0.969. The van der Waals surface area contributed by atoms with Crippen molar-refractivity contribution in [1.29, 1.82) is 0 Å². The van der Waals surface area contributed by atoms with Crippen molar-refractivity contribution in [1.82, 2.24) is 0 Å². The molecule has 0 heterocycles. The molecule has 0 radical (unpaired) electrons. The first kappa shape index (κ1) is 14.4. The van der Waals surface area contributed by atoms with Crippen molar-refractivity contribution in [3.8, 4) is 0 Å². The van der Waals surface area contributed by atoms with Gasteiger partial charge in [-0.1, -0.05) is 35.1 Å². The maximum Gasteiger partial charge on any atom is 0.106 e. The normalized spacial score (nSPS) is 12.2. The predicted octanol–water partition coefficient (Wildman–Crippen LogP) is 2.92. The highest BCUT2D eigenvalue weighted by atomic mass is 79.9. The number of anilines is 1. The Morgan fingerprint density at radius 3 is 2.82 bits per heavy atom. The molecule has 1 rings (SSSR count). The Morgan fingerprint density at radius 2 is 2.29 bits per heavy atom. The molecular formula is C12H17BrN2OS. The Morgan fingerprint density at radius 1 is 1.59 bits per heavy atom. The second kappa shape index (κ2) is 6.93. The van der Waals surface area contributed by atoms with Crippen molar-refractivity contribution in [3.05, 3.63) is 28.2 Å². The van der Waals surface area contributed by atoms with Gasteiger partial charge in [-0.2, -0.15) is 0 Å². The van der Waals surface area contributed by atoms with Crippen LogP contribution in [0, 0.1) is 0 Å². The minimum Gasteiger partial charge on any atom is -0.389 e. The van der Waals surface area contributed by atoms with E-state index in [2.05, 4.69) is 28.2 Å². The molecule has 3 N–H and O–H groups in total. The molecule has 0 saturated heterocycles. The summed E-state index contributed by atoms with van der Waals surface area (Å²) in [5.74, 6) is 0. The molecule has 0 amide bonds. The molecule has 94 valence electrons. The monoisotopic (exact) mass is 316 g/mol. The molecule has 1 atom stereocenters. The fourth-order valence-electron chi connectivity index (χ4n) is 1.53. The van der Waals surface area contributed by atoms with Crippen LogP contribution < -0.4 is 11.1 Å². The molecule has 0 spiro atoms. The van der Waals surface area contributed by atoms with Gasteiger partial charge in [0.25, 0.3) is 0 Å². The van der Waals surface area contributed by atoms with Gasteiger partial charge in [0, 0.05) is 28.9 Å². The second-order valence-corrected chi connectivity index (χ2v) is 5.11. The molecule has 1 aromatic rings. The molecular weight excluding hydrogens is 300 g/mol. The fraction of sp³-hybridized carbons (Fsp3) is 0.417. The first-order chi connectivity index (χ1) is 8.08. The van der Waals surface area contributed by atoms with Gasteiger partial charge in [-0.15, -0.1) is 0 Å². The third-order valence-electron chi connectivity index (χ3n) is 2.47. The van der Waals surface area contributed by atoms with E-state index >= 15 is 0 Å². The number of ether oxygens (including phenoxy) is 1. The van der Waals surface area contributed by atoms with Crippen molar-refractivity contribution < 1.29 is 4.74 Å². The molecule has 0 aliphatic carbocycles. The Labute approximate surface area is 116 Å². The molecule has 1 aromatic carbocycles. The van der Waals surface area contributed by atoms with Gasteiger partial charge >= 0.3 is 0 Å². The molecule has 0 saturated carbocycles. The van der Waals surface area contributed by atoms with E-state index < -0.39 is 0 Å². The van der Waals surface area contributed by atoms with E-state index in [0.717, 1.165) is 22.1 Å². The van der Waals surface area contributed by atoms with Gasteiger partial charge in [-0.3, -0.25) is 0 Å². The van der Waals surface area contributed by atoms with Gasteiger partial charge in [0.15, 0.2) is 0 Å². The summed E-state index contributed by atoms with van der Waals surface area (Å²) in [6.45, 7) is 2.76. The highest BCUT2D eigenvalue weighted by Crippen LogP contribution is 2.22. The maximum atomic E-state index is 5.70. The van der Waals surface area contributed by atoms with Crippen LogP contribution in [-0.2, 0) is 4.74 Å². The van der Waals surface area contributed by atoms with Crippen LogP contribution in [-0.4, -0.2) is 24.7 Å². The summed E-state index contributed by atoms with van der Waals surface area (Å²) in [5.41, 5.74) is 7.50. The number of nitrogens with one attached hydrogen (secondary N) is 1. The zero-order valence-electron chi connectivity index (χ0n) is 10.00. The molecule has 3 nitrogen and oxygen atoms in total. The van der Waals surface area contributed by atoms with Crippen LogP contribution in [0.15, 0.2) is 22.7 Å². The first-order valence-corrected chi connectivity index (χ1v) is 6.63. The van der Waals surface area contributed by atoms with Crippen LogP contribution in [0.1, 0.15) is 18.9 Å². The SMILES string of the molecule is CCC(COC)Nc1cc(Br)ccc1C(N)=S. The van der Waals surface area contributed by atoms with Gasteiger partial charge in [-0.05, 0) is 24.6 Å². The van der Waals surface area contributed by atoms with Crippen LogP contribution >= 0.6 is 28.1 Å². The number of halogens is 1. The van der Waals surface area contributed by atoms with E-state index in [4.69, 9.17) is 22.7 Å². The number of methoxy groups -OCH3 is 1. The summed E-state index contributed by atoms with van der Waals surface area (Å²) in [7, 11) is 1.69. The molecule has 0 fully saturated rings. The van der Waals surface area contributed by atoms with Gasteiger partial charge < -0.3 is 15.8 Å². The summed E-state index contributed by atoms with van der Waals surface area (Å²) in [6, 6.07) is 6.07. The van der Waals surface area contributed by atoms with E-state index in [-0.39, 0.29) is 6.04 Å². The van der Waals surface area contributed by atoms with Gasteiger partial charge in [-0.25, -0.2) is 0 Å². The summed E-state index contributed by atoms with van der Waals surface area (Å²) < 4.78 is 6.15. The van der Waals surface area contributed by atoms with Crippen molar-refractivity contribution >= 4 is 38.8 Å². The van der Waals surface area contributed by atoms with E-state index in [0.29, 0.717) is 11.6 Å². The van der Waals surface area contributed by atoms with E-state index in [1.165, 1.54) is 0 Å². The topological polar surface area (TPSA) is 47.3 Å². The Hall–Kier alpha value is -0.650. The largest absolute Gasteiger partial charge is 0.389 e. The van der Waals surface area contributed by atoms with E-state index in [1.54, 1.807) is 7.11 Å². The molecule has 17 heavy (non-hydrogen) atoms. The summed E-state index contributed by atoms with van der Waals surface area (Å²) >= 11 is 8.48. The van der Waals surface area contributed by atoms with Crippen molar-refractivity contribution in [2.24, 2.45) is 5.73 Å². The second-order valence-electron chi connectivity index (χ2n) is 3.76. The molecule has 5 heteroatoms. The lowest BCUT2D eigenvalue weighted by Gasteiger charge is -2.19. The Balaban J connectivity index is 2.94. The number of nitrogens with two attached hydrogens (primary N) is 1. The number of hydrogen-bond donors (Lipinski definition) is 2. The van der Waals surface area contributed by atoms with E-state index in [9.17, 15) is 0 Å². The highest BCUT2D eigenvalue weighted by molar-refractivity contribution is 9.10. The maximum absolute atomic E-state index is 5.70. The number of thiocarbonyl (C=S) groups is 1. The van der Waals surface area contributed by atoms with Crippen LogP contribution in [0.5, 0.6) is 0 Å². The number of hydrogen-bond acceptors (Lipinski definition) is 3. The zero-order valence-corrected chi connectivity index (χ0v) is 12.4. The average molecular weight is 317 g/mol. The third kappa shape index (κ3) is 4.26. The lowest BCUT2D eigenvalue weighted by molar-refractivity contribution is 0.184. The zero-order chi connectivity index (χ0) is 12.8. The summed E-state index contributed by atoms with van der Waals surface area (Å²) in [4.78, 5) is 0.396. The minimum atomic E-state index is 0.252. The lowest BCUT2D eigenvalue weighted by atomic mass is 10.1. The van der Waals surface area contributed by atoms with Crippen LogP contribution in [0.25, 0.3) is 0 Å². The van der Waals surface area contributed by atoms with Crippen LogP contribution in [0.4, 0.5) is 5.69 Å². The highest BCUT2D eigenvalue weighted by Gasteiger charge is 2.10. The Bertz CT molecular complexity index is 398. The standard InChI is InChI=1S/C12H17BrN2OS/c1-3-9(7-16-2)15-11-6-8(13)4-5-10(11)12(14)17/h4-6,9,15H,3,7H2,1-2H3,(H2,14,17). The van der Waals surface area contributed by atoms with Gasteiger partial charge in [0.05, 0.1) is 6.61 Å². The predicted molar refractivity (Wildman–Crippen MR) is 79.6 cm³/mol. The van der Waals surface area contributed by atoms with Crippen LogP contribution in [0.3, 0.4) is 0 Å². The number of benzene rings is 1. The fourth-order valence-corrected chi connectivity index (χ4v) is 2.07. The molecule has 0 bridgehead atoms. The molecule has 1 unspecified atom stereocenters. The van der Waals surface area contributed by atoms with Crippen molar-refractivity contribution in [2.45, 2.75) is 19.4 Å². The lowest BCUT2D eigenvalue weighted by Crippen LogP contribution is -2.25. The summed E-state index contributed by atoms with van der Waals surface area (Å²) in [5, 5.41) is 3.40. The quantitative estimate of drug-likeness (QED) is 0.792.